The van der Waals surface area contributed by atoms with E-state index in [2.05, 4.69) is 21.4 Å². The van der Waals surface area contributed by atoms with E-state index < -0.39 is 0 Å². The Balaban J connectivity index is 1.33. The van der Waals surface area contributed by atoms with Crippen molar-refractivity contribution < 1.29 is 4.79 Å². The van der Waals surface area contributed by atoms with E-state index in [1.807, 2.05) is 60.2 Å². The average molecular weight is 376 g/mol. The Bertz CT molecular complexity index is 1000. The number of carbonyl (C=O) groups excluding carboxylic acids is 1. The number of aromatic nitrogens is 3. The molecule has 0 radical (unpaired) electrons. The summed E-state index contributed by atoms with van der Waals surface area (Å²) in [7, 11) is 0. The molecule has 1 N–H and O–H groups in total. The first-order valence-corrected chi connectivity index (χ1v) is 9.73. The van der Waals surface area contributed by atoms with Gasteiger partial charge in [-0.3, -0.25) is 4.79 Å². The molecule has 2 aromatic heterocycles. The third kappa shape index (κ3) is 4.06. The maximum Gasteiger partial charge on any atom is 0.220 e. The van der Waals surface area contributed by atoms with Crippen molar-refractivity contribution in [2.45, 2.75) is 25.8 Å². The summed E-state index contributed by atoms with van der Waals surface area (Å²) >= 11 is 1.66. The largest absolute Gasteiger partial charge is 0.350 e. The lowest BCUT2D eigenvalue weighted by atomic mass is 10.1. The van der Waals surface area contributed by atoms with Gasteiger partial charge in [-0.25, -0.2) is 9.97 Å². The van der Waals surface area contributed by atoms with Gasteiger partial charge in [-0.1, -0.05) is 24.3 Å². The summed E-state index contributed by atoms with van der Waals surface area (Å²) < 4.78 is 3.12. The number of benzene rings is 2. The summed E-state index contributed by atoms with van der Waals surface area (Å²) in [6, 6.07) is 16.2. The molecule has 4 rings (SSSR count). The number of hydrogen-bond donors (Lipinski definition) is 1. The van der Waals surface area contributed by atoms with Gasteiger partial charge in [0, 0.05) is 30.9 Å². The molecule has 1 amide bonds. The number of amides is 1. The molecule has 0 bridgehead atoms. The second-order valence-electron chi connectivity index (χ2n) is 6.43. The Morgan fingerprint density at radius 1 is 1.19 bits per heavy atom. The Morgan fingerprint density at radius 3 is 2.74 bits per heavy atom. The normalized spacial score (nSPS) is 12.2. The standard InChI is InChI=1S/C21H20N4OS/c1-15(16-6-8-17(9-7-16)25-13-12-22-14-25)23-20(26)10-11-21-24-18-4-2-3-5-19(18)27-21/h2-9,12-15H,10-11H2,1H3,(H,23,26)/t15-/m1/s1. The molecule has 0 unspecified atom stereocenters. The van der Waals surface area contributed by atoms with Crippen LogP contribution in [0.25, 0.3) is 15.9 Å². The summed E-state index contributed by atoms with van der Waals surface area (Å²) in [5, 5.41) is 4.08. The van der Waals surface area contributed by atoms with Crippen LogP contribution in [0.3, 0.4) is 0 Å². The Labute approximate surface area is 161 Å². The smallest absolute Gasteiger partial charge is 0.220 e. The molecule has 1 atom stereocenters. The molecule has 0 aliphatic rings. The number of imidazole rings is 1. The van der Waals surface area contributed by atoms with Crippen molar-refractivity contribution >= 4 is 27.5 Å². The molecule has 0 fully saturated rings. The maximum atomic E-state index is 12.3. The molecular weight excluding hydrogens is 356 g/mol. The molecule has 0 aliphatic heterocycles. The molecule has 27 heavy (non-hydrogen) atoms. The number of hydrogen-bond acceptors (Lipinski definition) is 4. The molecule has 2 heterocycles. The van der Waals surface area contributed by atoms with Crippen molar-refractivity contribution in [3.05, 3.63) is 77.8 Å². The number of thiazole rings is 1. The second-order valence-corrected chi connectivity index (χ2v) is 7.54. The van der Waals surface area contributed by atoms with Gasteiger partial charge in [0.1, 0.15) is 0 Å². The van der Waals surface area contributed by atoms with Gasteiger partial charge in [0.05, 0.1) is 27.6 Å². The highest BCUT2D eigenvalue weighted by atomic mass is 32.1. The zero-order valence-corrected chi connectivity index (χ0v) is 15.8. The van der Waals surface area contributed by atoms with Crippen molar-refractivity contribution in [3.8, 4) is 5.69 Å². The van der Waals surface area contributed by atoms with Crippen LogP contribution in [0.4, 0.5) is 0 Å². The molecule has 2 aromatic carbocycles. The van der Waals surface area contributed by atoms with Crippen LogP contribution in [-0.4, -0.2) is 20.4 Å². The Hall–Kier alpha value is -2.99. The molecule has 0 spiro atoms. The van der Waals surface area contributed by atoms with Gasteiger partial charge < -0.3 is 9.88 Å². The zero-order chi connectivity index (χ0) is 18.6. The van der Waals surface area contributed by atoms with E-state index in [1.54, 1.807) is 23.9 Å². The summed E-state index contributed by atoms with van der Waals surface area (Å²) in [4.78, 5) is 21.0. The fraction of sp³-hybridized carbons (Fsp3) is 0.190. The van der Waals surface area contributed by atoms with E-state index in [9.17, 15) is 4.79 Å². The molecule has 4 aromatic rings. The molecule has 0 aliphatic carbocycles. The first-order chi connectivity index (χ1) is 13.2. The quantitative estimate of drug-likeness (QED) is 0.546. The third-order valence-corrected chi connectivity index (χ3v) is 5.57. The molecule has 6 heteroatoms. The number of nitrogens with zero attached hydrogens (tertiary/aromatic N) is 3. The minimum Gasteiger partial charge on any atom is -0.350 e. The number of carbonyl (C=O) groups is 1. The fourth-order valence-corrected chi connectivity index (χ4v) is 3.96. The topological polar surface area (TPSA) is 59.8 Å². The number of nitrogens with one attached hydrogen (secondary N) is 1. The van der Waals surface area contributed by atoms with Gasteiger partial charge in [-0.15, -0.1) is 11.3 Å². The fourth-order valence-electron chi connectivity index (χ4n) is 2.99. The number of para-hydroxylation sites is 1. The van der Waals surface area contributed by atoms with Crippen LogP contribution < -0.4 is 5.32 Å². The van der Waals surface area contributed by atoms with E-state index in [1.165, 1.54) is 4.70 Å². The maximum absolute atomic E-state index is 12.3. The second kappa shape index (κ2) is 7.72. The van der Waals surface area contributed by atoms with E-state index in [4.69, 9.17) is 0 Å². The first-order valence-electron chi connectivity index (χ1n) is 8.91. The van der Waals surface area contributed by atoms with Gasteiger partial charge in [-0.05, 0) is 36.8 Å². The van der Waals surface area contributed by atoms with Crippen molar-refractivity contribution in [1.82, 2.24) is 19.9 Å². The van der Waals surface area contributed by atoms with Crippen LogP contribution in [0.1, 0.15) is 30.0 Å². The average Bonchev–Trinajstić information content (AvgIpc) is 3.36. The van der Waals surface area contributed by atoms with E-state index in [0.29, 0.717) is 12.8 Å². The minimum atomic E-state index is -0.0373. The van der Waals surface area contributed by atoms with Crippen molar-refractivity contribution in [1.29, 1.82) is 0 Å². The monoisotopic (exact) mass is 376 g/mol. The Morgan fingerprint density at radius 2 is 2.00 bits per heavy atom. The van der Waals surface area contributed by atoms with Gasteiger partial charge >= 0.3 is 0 Å². The lowest BCUT2D eigenvalue weighted by Gasteiger charge is -2.15. The number of aryl methyl sites for hydroxylation is 1. The molecule has 5 nitrogen and oxygen atoms in total. The van der Waals surface area contributed by atoms with Crippen molar-refractivity contribution in [3.63, 3.8) is 0 Å². The lowest BCUT2D eigenvalue weighted by molar-refractivity contribution is -0.121. The van der Waals surface area contributed by atoms with Crippen LogP contribution in [0.5, 0.6) is 0 Å². The summed E-state index contributed by atoms with van der Waals surface area (Å²) in [6.07, 6.45) is 6.53. The van der Waals surface area contributed by atoms with E-state index >= 15 is 0 Å². The first kappa shape index (κ1) is 17.4. The molecule has 0 saturated heterocycles. The highest BCUT2D eigenvalue weighted by Gasteiger charge is 2.11. The van der Waals surface area contributed by atoms with Crippen LogP contribution in [0.2, 0.25) is 0 Å². The van der Waals surface area contributed by atoms with Crippen LogP contribution in [0, 0.1) is 0 Å². The van der Waals surface area contributed by atoms with Crippen LogP contribution >= 0.6 is 11.3 Å². The van der Waals surface area contributed by atoms with Crippen molar-refractivity contribution in [2.24, 2.45) is 0 Å². The summed E-state index contributed by atoms with van der Waals surface area (Å²) in [5.41, 5.74) is 3.13. The van der Waals surface area contributed by atoms with Gasteiger partial charge in [0.2, 0.25) is 5.91 Å². The van der Waals surface area contributed by atoms with Gasteiger partial charge in [-0.2, -0.15) is 0 Å². The predicted octanol–water partition coefficient (Wildman–Crippen LogP) is 4.29. The number of fused-ring (bicyclic) bond motifs is 1. The predicted molar refractivity (Wildman–Crippen MR) is 108 cm³/mol. The molecule has 0 saturated carbocycles. The number of rotatable bonds is 6. The zero-order valence-electron chi connectivity index (χ0n) is 15.0. The minimum absolute atomic E-state index is 0.0373. The lowest BCUT2D eigenvalue weighted by Crippen LogP contribution is -2.26. The molecular formula is C21H20N4OS. The highest BCUT2D eigenvalue weighted by molar-refractivity contribution is 7.18. The third-order valence-electron chi connectivity index (χ3n) is 4.48. The van der Waals surface area contributed by atoms with E-state index in [-0.39, 0.29) is 11.9 Å². The Kier molecular flexibility index (Phi) is 4.98. The SMILES string of the molecule is C[C@@H](NC(=O)CCc1nc2ccccc2s1)c1ccc(-n2ccnc2)cc1. The van der Waals surface area contributed by atoms with Crippen LogP contribution in [-0.2, 0) is 11.2 Å². The summed E-state index contributed by atoms with van der Waals surface area (Å²) in [6.45, 7) is 2.00. The van der Waals surface area contributed by atoms with Crippen molar-refractivity contribution in [2.75, 3.05) is 0 Å². The van der Waals surface area contributed by atoms with E-state index in [0.717, 1.165) is 21.8 Å². The van der Waals surface area contributed by atoms with Crippen LogP contribution in [0.15, 0.2) is 67.3 Å². The molecule has 136 valence electrons. The van der Waals surface area contributed by atoms with Gasteiger partial charge in [0.25, 0.3) is 0 Å². The van der Waals surface area contributed by atoms with Gasteiger partial charge in [0.15, 0.2) is 0 Å². The summed E-state index contributed by atoms with van der Waals surface area (Å²) in [5.74, 6) is 0.0421. The highest BCUT2D eigenvalue weighted by Crippen LogP contribution is 2.22.